The van der Waals surface area contributed by atoms with Crippen LogP contribution >= 0.6 is 0 Å². The van der Waals surface area contributed by atoms with Crippen molar-refractivity contribution in [1.82, 2.24) is 0 Å². The molecule has 2 unspecified atom stereocenters. The molecular weight excluding hydrogens is 160 g/mol. The number of methoxy groups -OCH3 is 1. The molecule has 12 heavy (non-hydrogen) atoms. The zero-order valence-corrected chi connectivity index (χ0v) is 7.11. The van der Waals surface area contributed by atoms with Crippen LogP contribution in [0.2, 0.25) is 0 Å². The molecule has 0 aromatic rings. The zero-order chi connectivity index (χ0) is 9.72. The van der Waals surface area contributed by atoms with Crippen LogP contribution in [0.4, 0.5) is 0 Å². The highest BCUT2D eigenvalue weighted by molar-refractivity contribution is 5.94. The number of carboxylic acid groups (broad SMARTS) is 1. The molecular formula is C8H12O4. The lowest BCUT2D eigenvalue weighted by molar-refractivity contribution is -0.158. The minimum Gasteiger partial charge on any atom is -0.481 e. The minimum absolute atomic E-state index is 0.421. The lowest BCUT2D eigenvalue weighted by atomic mass is 9.94. The third-order valence-corrected chi connectivity index (χ3v) is 1.62. The molecule has 0 fully saturated rings. The predicted octanol–water partition coefficient (Wildman–Crippen LogP) is 0.682. The zero-order valence-electron chi connectivity index (χ0n) is 7.11. The summed E-state index contributed by atoms with van der Waals surface area (Å²) in [6.07, 6.45) is 1.41. The van der Waals surface area contributed by atoms with Crippen molar-refractivity contribution >= 4 is 11.9 Å². The Balaban J connectivity index is 4.54. The van der Waals surface area contributed by atoms with Gasteiger partial charge in [-0.25, -0.2) is 0 Å². The first-order chi connectivity index (χ1) is 5.54. The second-order valence-corrected chi connectivity index (χ2v) is 2.43. The van der Waals surface area contributed by atoms with E-state index in [1.165, 1.54) is 6.08 Å². The molecule has 0 aliphatic rings. The van der Waals surface area contributed by atoms with E-state index in [0.29, 0.717) is 0 Å². The molecule has 1 N–H and O–H groups in total. The standard InChI is InChI=1S/C8H12O4/c1-4-5(2)6(7(9)10)8(11)12-3/h4-6H,1H2,2-3H3,(H,9,10). The summed E-state index contributed by atoms with van der Waals surface area (Å²) in [6.45, 7) is 5.01. The average molecular weight is 172 g/mol. The van der Waals surface area contributed by atoms with E-state index in [4.69, 9.17) is 5.11 Å². The lowest BCUT2D eigenvalue weighted by Crippen LogP contribution is -2.29. The third-order valence-electron chi connectivity index (χ3n) is 1.62. The Morgan fingerprint density at radius 1 is 1.58 bits per heavy atom. The van der Waals surface area contributed by atoms with Crippen LogP contribution in [0, 0.1) is 11.8 Å². The van der Waals surface area contributed by atoms with Crippen molar-refractivity contribution in [3.05, 3.63) is 12.7 Å². The maximum Gasteiger partial charge on any atom is 0.320 e. The lowest BCUT2D eigenvalue weighted by Gasteiger charge is -2.13. The molecule has 0 spiro atoms. The van der Waals surface area contributed by atoms with Gasteiger partial charge >= 0.3 is 11.9 Å². The van der Waals surface area contributed by atoms with E-state index in [0.717, 1.165) is 7.11 Å². The van der Waals surface area contributed by atoms with Crippen LogP contribution in [0.25, 0.3) is 0 Å². The Bertz CT molecular complexity index is 197. The Morgan fingerprint density at radius 3 is 2.33 bits per heavy atom. The number of allylic oxidation sites excluding steroid dienone is 1. The van der Waals surface area contributed by atoms with Gasteiger partial charge in [-0.05, 0) is 5.92 Å². The van der Waals surface area contributed by atoms with Gasteiger partial charge in [0.15, 0.2) is 5.92 Å². The van der Waals surface area contributed by atoms with Gasteiger partial charge in [0.2, 0.25) is 0 Å². The molecule has 0 saturated heterocycles. The van der Waals surface area contributed by atoms with Gasteiger partial charge in [-0.2, -0.15) is 0 Å². The van der Waals surface area contributed by atoms with Gasteiger partial charge in [0, 0.05) is 0 Å². The number of hydrogen-bond donors (Lipinski definition) is 1. The molecule has 0 aromatic carbocycles. The molecule has 0 aliphatic carbocycles. The van der Waals surface area contributed by atoms with Crippen LogP contribution < -0.4 is 0 Å². The number of hydrogen-bond acceptors (Lipinski definition) is 3. The summed E-state index contributed by atoms with van der Waals surface area (Å²) >= 11 is 0. The van der Waals surface area contributed by atoms with Crippen molar-refractivity contribution in [3.63, 3.8) is 0 Å². The molecule has 4 nitrogen and oxygen atoms in total. The van der Waals surface area contributed by atoms with E-state index in [2.05, 4.69) is 11.3 Å². The largest absolute Gasteiger partial charge is 0.481 e. The van der Waals surface area contributed by atoms with E-state index >= 15 is 0 Å². The second kappa shape index (κ2) is 4.54. The van der Waals surface area contributed by atoms with Gasteiger partial charge in [0.1, 0.15) is 0 Å². The topological polar surface area (TPSA) is 63.6 Å². The normalized spacial score (nSPS) is 14.5. The van der Waals surface area contributed by atoms with Gasteiger partial charge in [0.05, 0.1) is 7.11 Å². The van der Waals surface area contributed by atoms with Crippen molar-refractivity contribution in [2.45, 2.75) is 6.92 Å². The molecule has 2 atom stereocenters. The first kappa shape index (κ1) is 10.7. The van der Waals surface area contributed by atoms with Crippen LogP contribution in [-0.2, 0) is 14.3 Å². The quantitative estimate of drug-likeness (QED) is 0.385. The Morgan fingerprint density at radius 2 is 2.08 bits per heavy atom. The van der Waals surface area contributed by atoms with E-state index in [9.17, 15) is 9.59 Å². The number of esters is 1. The highest BCUT2D eigenvalue weighted by Gasteiger charge is 2.31. The average Bonchev–Trinajstić information content (AvgIpc) is 2.03. The molecule has 0 rings (SSSR count). The Hall–Kier alpha value is -1.32. The fourth-order valence-corrected chi connectivity index (χ4v) is 0.803. The van der Waals surface area contributed by atoms with Crippen molar-refractivity contribution in [1.29, 1.82) is 0 Å². The maximum atomic E-state index is 10.9. The third kappa shape index (κ3) is 2.38. The van der Waals surface area contributed by atoms with Gasteiger partial charge in [-0.3, -0.25) is 9.59 Å². The molecule has 0 aromatic heterocycles. The molecule has 0 amide bonds. The smallest absolute Gasteiger partial charge is 0.320 e. The first-order valence-electron chi connectivity index (χ1n) is 3.47. The van der Waals surface area contributed by atoms with Crippen LogP contribution in [0.1, 0.15) is 6.92 Å². The highest BCUT2D eigenvalue weighted by Crippen LogP contribution is 2.14. The van der Waals surface area contributed by atoms with Gasteiger partial charge in [0.25, 0.3) is 0 Å². The summed E-state index contributed by atoms with van der Waals surface area (Å²) < 4.78 is 4.33. The Kier molecular flexibility index (Phi) is 4.04. The number of carbonyl (C=O) groups excluding carboxylic acids is 1. The van der Waals surface area contributed by atoms with Crippen molar-refractivity contribution in [2.24, 2.45) is 11.8 Å². The highest BCUT2D eigenvalue weighted by atomic mass is 16.5. The molecule has 68 valence electrons. The molecule has 0 aliphatic heterocycles. The van der Waals surface area contributed by atoms with E-state index in [-0.39, 0.29) is 0 Å². The van der Waals surface area contributed by atoms with Gasteiger partial charge < -0.3 is 9.84 Å². The van der Waals surface area contributed by atoms with Crippen LogP contribution in [0.15, 0.2) is 12.7 Å². The number of carboxylic acids is 1. The van der Waals surface area contributed by atoms with E-state index in [1.54, 1.807) is 6.92 Å². The van der Waals surface area contributed by atoms with Crippen LogP contribution in [-0.4, -0.2) is 24.2 Å². The molecule has 4 heteroatoms. The summed E-state index contributed by atoms with van der Waals surface area (Å²) in [5.41, 5.74) is 0. The Labute approximate surface area is 70.8 Å². The summed E-state index contributed by atoms with van der Waals surface area (Å²) in [4.78, 5) is 21.5. The van der Waals surface area contributed by atoms with Gasteiger partial charge in [-0.15, -0.1) is 6.58 Å². The summed E-state index contributed by atoms with van der Waals surface area (Å²) in [7, 11) is 1.16. The van der Waals surface area contributed by atoms with Crippen LogP contribution in [0.5, 0.6) is 0 Å². The fourth-order valence-electron chi connectivity index (χ4n) is 0.803. The van der Waals surface area contributed by atoms with Crippen molar-refractivity contribution < 1.29 is 19.4 Å². The number of rotatable bonds is 4. The monoisotopic (exact) mass is 172 g/mol. The van der Waals surface area contributed by atoms with E-state index in [1.807, 2.05) is 0 Å². The summed E-state index contributed by atoms with van der Waals surface area (Å²) in [5, 5.41) is 8.63. The molecule has 0 saturated carbocycles. The summed E-state index contributed by atoms with van der Waals surface area (Å²) in [6, 6.07) is 0. The molecule has 0 bridgehead atoms. The fraction of sp³-hybridized carbons (Fsp3) is 0.500. The predicted molar refractivity (Wildman–Crippen MR) is 42.5 cm³/mol. The summed E-state index contributed by atoms with van der Waals surface area (Å²) in [5.74, 6) is -3.49. The minimum atomic E-state index is -1.19. The number of carbonyl (C=O) groups is 2. The van der Waals surface area contributed by atoms with Crippen molar-refractivity contribution in [3.8, 4) is 0 Å². The van der Waals surface area contributed by atoms with Crippen LogP contribution in [0.3, 0.4) is 0 Å². The second-order valence-electron chi connectivity index (χ2n) is 2.43. The molecule has 0 radical (unpaired) electrons. The van der Waals surface area contributed by atoms with E-state index < -0.39 is 23.8 Å². The van der Waals surface area contributed by atoms with Gasteiger partial charge in [-0.1, -0.05) is 13.0 Å². The SMILES string of the molecule is C=CC(C)C(C(=O)O)C(=O)OC. The maximum absolute atomic E-state index is 10.9. The number of aliphatic carboxylic acids is 1. The first-order valence-corrected chi connectivity index (χ1v) is 3.47. The number of ether oxygens (including phenoxy) is 1. The van der Waals surface area contributed by atoms with Crippen molar-refractivity contribution in [2.75, 3.05) is 7.11 Å². The molecule has 0 heterocycles.